The molecule has 0 aromatic heterocycles. The monoisotopic (exact) mass is 224 g/mol. The Morgan fingerprint density at radius 2 is 2.06 bits per heavy atom. The molecule has 88 valence electrons. The van der Waals surface area contributed by atoms with E-state index in [1.807, 2.05) is 24.3 Å². The number of rotatable bonds is 5. The van der Waals surface area contributed by atoms with Crippen molar-refractivity contribution in [3.8, 4) is 5.75 Å². The van der Waals surface area contributed by atoms with Crippen LogP contribution in [0.3, 0.4) is 0 Å². The highest BCUT2D eigenvalue weighted by molar-refractivity contribution is 5.74. The Balaban J connectivity index is 2.65. The average molecular weight is 224 g/mol. The van der Waals surface area contributed by atoms with Crippen molar-refractivity contribution in [3.63, 3.8) is 0 Å². The van der Waals surface area contributed by atoms with Gasteiger partial charge in [0.2, 0.25) is 0 Å². The summed E-state index contributed by atoms with van der Waals surface area (Å²) >= 11 is 0. The summed E-state index contributed by atoms with van der Waals surface area (Å²) in [5, 5.41) is 8.69. The Hall–Kier alpha value is -1.75. The van der Waals surface area contributed by atoms with E-state index < -0.39 is 12.0 Å². The Morgan fingerprint density at radius 1 is 1.50 bits per heavy atom. The number of hydrogen-bond donors (Lipinski definition) is 2. The molecule has 1 aromatic carbocycles. The summed E-state index contributed by atoms with van der Waals surface area (Å²) in [5.41, 5.74) is 6.35. The minimum absolute atomic E-state index is 0.266. The molecule has 0 aliphatic rings. The van der Waals surface area contributed by atoms with Crippen LogP contribution in [0.25, 0.3) is 0 Å². The van der Waals surface area contributed by atoms with Crippen molar-refractivity contribution < 1.29 is 14.6 Å². The Labute approximate surface area is 94.4 Å². The number of likely N-dealkylation sites (N-methyl/N-ethyl adjacent to an activating group) is 1. The average Bonchev–Trinajstić information content (AvgIpc) is 2.28. The van der Waals surface area contributed by atoms with Crippen LogP contribution < -0.4 is 15.4 Å². The number of benzene rings is 1. The maximum Gasteiger partial charge on any atom is 0.322 e. The molecule has 1 unspecified atom stereocenters. The molecule has 1 aromatic rings. The minimum atomic E-state index is -1.000. The number of hydrogen-bond acceptors (Lipinski definition) is 4. The molecule has 0 saturated carbocycles. The van der Waals surface area contributed by atoms with Crippen LogP contribution in [-0.2, 0) is 4.79 Å². The number of nitrogens with two attached hydrogens (primary N) is 1. The molecule has 0 aliphatic heterocycles. The minimum Gasteiger partial charge on any atom is -0.497 e. The molecular formula is C11H16N2O3. The third kappa shape index (κ3) is 3.13. The van der Waals surface area contributed by atoms with Gasteiger partial charge in [-0.3, -0.25) is 4.79 Å². The lowest BCUT2D eigenvalue weighted by atomic mass is 10.2. The van der Waals surface area contributed by atoms with Crippen molar-refractivity contribution in [1.29, 1.82) is 0 Å². The molecule has 5 nitrogen and oxygen atoms in total. The van der Waals surface area contributed by atoms with E-state index in [2.05, 4.69) is 0 Å². The summed E-state index contributed by atoms with van der Waals surface area (Å²) in [6, 6.07) is 6.46. The highest BCUT2D eigenvalue weighted by Gasteiger charge is 2.14. The topological polar surface area (TPSA) is 75.8 Å². The van der Waals surface area contributed by atoms with Crippen molar-refractivity contribution in [2.45, 2.75) is 6.04 Å². The fraction of sp³-hybridized carbons (Fsp3) is 0.364. The molecule has 3 N–H and O–H groups in total. The van der Waals surface area contributed by atoms with Crippen LogP contribution in [-0.4, -0.2) is 37.8 Å². The van der Waals surface area contributed by atoms with Crippen LogP contribution in [0.1, 0.15) is 0 Å². The summed E-state index contributed by atoms with van der Waals surface area (Å²) < 4.78 is 5.03. The van der Waals surface area contributed by atoms with E-state index in [1.165, 1.54) is 0 Å². The first kappa shape index (κ1) is 12.3. The van der Waals surface area contributed by atoms with Gasteiger partial charge in [-0.05, 0) is 24.3 Å². The molecule has 1 rings (SSSR count). The van der Waals surface area contributed by atoms with E-state index in [-0.39, 0.29) is 6.54 Å². The van der Waals surface area contributed by atoms with E-state index in [0.29, 0.717) is 0 Å². The third-order valence-corrected chi connectivity index (χ3v) is 2.30. The second-order valence-corrected chi connectivity index (χ2v) is 3.52. The Kier molecular flexibility index (Phi) is 4.13. The van der Waals surface area contributed by atoms with Crippen molar-refractivity contribution in [1.82, 2.24) is 0 Å². The van der Waals surface area contributed by atoms with Crippen LogP contribution in [0.4, 0.5) is 5.69 Å². The molecule has 0 radical (unpaired) electrons. The van der Waals surface area contributed by atoms with Gasteiger partial charge in [0.05, 0.1) is 7.11 Å². The van der Waals surface area contributed by atoms with Gasteiger partial charge in [0, 0.05) is 19.3 Å². The lowest BCUT2D eigenvalue weighted by Gasteiger charge is -2.21. The number of nitrogens with zero attached hydrogens (tertiary/aromatic N) is 1. The van der Waals surface area contributed by atoms with Crippen LogP contribution in [0, 0.1) is 0 Å². The first-order valence-corrected chi connectivity index (χ1v) is 4.88. The molecule has 0 spiro atoms. The smallest absolute Gasteiger partial charge is 0.322 e. The van der Waals surface area contributed by atoms with Gasteiger partial charge < -0.3 is 20.5 Å². The standard InChI is InChI=1S/C11H16N2O3/c1-13(7-10(12)11(14)15)8-3-5-9(16-2)6-4-8/h3-6,10H,7,12H2,1-2H3,(H,14,15). The first-order valence-electron chi connectivity index (χ1n) is 4.88. The summed E-state index contributed by atoms with van der Waals surface area (Å²) in [6.07, 6.45) is 0. The highest BCUT2D eigenvalue weighted by atomic mass is 16.5. The van der Waals surface area contributed by atoms with Crippen LogP contribution >= 0.6 is 0 Å². The van der Waals surface area contributed by atoms with E-state index in [4.69, 9.17) is 15.6 Å². The number of anilines is 1. The summed E-state index contributed by atoms with van der Waals surface area (Å²) in [7, 11) is 3.39. The van der Waals surface area contributed by atoms with E-state index >= 15 is 0 Å². The number of carboxylic acid groups (broad SMARTS) is 1. The maximum atomic E-state index is 10.6. The van der Waals surface area contributed by atoms with Gasteiger partial charge in [0.25, 0.3) is 0 Å². The molecule has 0 amide bonds. The zero-order chi connectivity index (χ0) is 12.1. The third-order valence-electron chi connectivity index (χ3n) is 2.30. The largest absolute Gasteiger partial charge is 0.497 e. The second-order valence-electron chi connectivity index (χ2n) is 3.52. The van der Waals surface area contributed by atoms with E-state index in [1.54, 1.807) is 19.1 Å². The SMILES string of the molecule is COc1ccc(N(C)CC(N)C(=O)O)cc1. The molecule has 0 saturated heterocycles. The molecule has 0 bridgehead atoms. The first-order chi connectivity index (χ1) is 7.54. The van der Waals surface area contributed by atoms with Gasteiger partial charge in [-0.1, -0.05) is 0 Å². The van der Waals surface area contributed by atoms with Crippen LogP contribution in [0.5, 0.6) is 5.75 Å². The van der Waals surface area contributed by atoms with Crippen LogP contribution in [0.2, 0.25) is 0 Å². The fourth-order valence-corrected chi connectivity index (χ4v) is 1.32. The molecule has 0 heterocycles. The predicted octanol–water partition coefficient (Wildman–Crippen LogP) is 0.543. The zero-order valence-electron chi connectivity index (χ0n) is 9.38. The lowest BCUT2D eigenvalue weighted by Crippen LogP contribution is -2.41. The Bertz CT molecular complexity index is 351. The maximum absolute atomic E-state index is 10.6. The normalized spacial score (nSPS) is 11.9. The molecule has 1 atom stereocenters. The van der Waals surface area contributed by atoms with Crippen molar-refractivity contribution >= 4 is 11.7 Å². The predicted molar refractivity (Wildman–Crippen MR) is 61.9 cm³/mol. The number of carbonyl (C=O) groups is 1. The number of aliphatic carboxylic acids is 1. The van der Waals surface area contributed by atoms with E-state index in [9.17, 15) is 4.79 Å². The molecule has 16 heavy (non-hydrogen) atoms. The molecule has 0 fully saturated rings. The summed E-state index contributed by atoms with van der Waals surface area (Å²) in [6.45, 7) is 0.266. The van der Waals surface area contributed by atoms with E-state index in [0.717, 1.165) is 11.4 Å². The van der Waals surface area contributed by atoms with Crippen LogP contribution in [0.15, 0.2) is 24.3 Å². The van der Waals surface area contributed by atoms with Gasteiger partial charge in [-0.25, -0.2) is 0 Å². The fourth-order valence-electron chi connectivity index (χ4n) is 1.32. The van der Waals surface area contributed by atoms with Crippen molar-refractivity contribution in [2.75, 3.05) is 25.6 Å². The van der Waals surface area contributed by atoms with Crippen molar-refractivity contribution in [3.05, 3.63) is 24.3 Å². The van der Waals surface area contributed by atoms with Gasteiger partial charge in [-0.2, -0.15) is 0 Å². The number of carboxylic acids is 1. The number of ether oxygens (including phenoxy) is 1. The Morgan fingerprint density at radius 3 is 2.50 bits per heavy atom. The number of methoxy groups -OCH3 is 1. The quantitative estimate of drug-likeness (QED) is 0.763. The lowest BCUT2D eigenvalue weighted by molar-refractivity contribution is -0.138. The summed E-state index contributed by atoms with van der Waals surface area (Å²) in [5.74, 6) is -0.236. The molecule has 5 heteroatoms. The zero-order valence-corrected chi connectivity index (χ0v) is 9.38. The highest BCUT2D eigenvalue weighted by Crippen LogP contribution is 2.17. The van der Waals surface area contributed by atoms with Gasteiger partial charge >= 0.3 is 5.97 Å². The molecular weight excluding hydrogens is 208 g/mol. The van der Waals surface area contributed by atoms with Crippen molar-refractivity contribution in [2.24, 2.45) is 5.73 Å². The molecule has 0 aliphatic carbocycles. The van der Waals surface area contributed by atoms with Gasteiger partial charge in [-0.15, -0.1) is 0 Å². The van der Waals surface area contributed by atoms with Gasteiger partial charge in [0.15, 0.2) is 0 Å². The van der Waals surface area contributed by atoms with Gasteiger partial charge in [0.1, 0.15) is 11.8 Å². The second kappa shape index (κ2) is 5.37. The summed E-state index contributed by atoms with van der Waals surface area (Å²) in [4.78, 5) is 12.4.